The molecular weight excluding hydrogens is 945 g/mol. The van der Waals surface area contributed by atoms with Gasteiger partial charge < -0.3 is 17.0 Å². The molecular formula is C36H56AuBrN8P4. The summed E-state index contributed by atoms with van der Waals surface area (Å²) in [6, 6.07) is 7.55. The molecule has 0 saturated carbocycles. The van der Waals surface area contributed by atoms with Gasteiger partial charge in [-0.2, -0.15) is 0 Å². The van der Waals surface area contributed by atoms with Gasteiger partial charge in [-0.3, -0.25) is 0 Å². The number of hydrogen-bond acceptors (Lipinski definition) is 8. The summed E-state index contributed by atoms with van der Waals surface area (Å²) in [5, 5.41) is 0.750. The zero-order valence-electron chi connectivity index (χ0n) is 31.8. The van der Waals surface area contributed by atoms with Crippen LogP contribution in [-0.4, -0.2) is 85.1 Å². The molecule has 4 atom stereocenters. The van der Waals surface area contributed by atoms with Crippen molar-refractivity contribution in [2.24, 2.45) is 0 Å². The van der Waals surface area contributed by atoms with E-state index in [2.05, 4.69) is 123 Å². The summed E-state index contributed by atoms with van der Waals surface area (Å²) in [5.74, 6) is 0. The predicted molar refractivity (Wildman–Crippen MR) is 213 cm³/mol. The van der Waals surface area contributed by atoms with Crippen LogP contribution in [-0.2, 0) is 22.4 Å². The van der Waals surface area contributed by atoms with Gasteiger partial charge in [0.2, 0.25) is 0 Å². The van der Waals surface area contributed by atoms with E-state index >= 15 is 0 Å². The summed E-state index contributed by atoms with van der Waals surface area (Å²) in [6.45, 7) is 27.6. The van der Waals surface area contributed by atoms with Crippen LogP contribution in [0.25, 0.3) is 0 Å². The second-order valence-electron chi connectivity index (χ2n) is 15.5. The van der Waals surface area contributed by atoms with E-state index in [0.29, 0.717) is 0 Å². The van der Waals surface area contributed by atoms with E-state index < -0.39 is 31.7 Å². The van der Waals surface area contributed by atoms with E-state index in [0.717, 1.165) is 46.9 Å². The quantitative estimate of drug-likeness (QED) is 0.169. The van der Waals surface area contributed by atoms with Crippen LogP contribution in [0, 0.1) is 0 Å². The standard InChI is InChI=1S/2C18H28N4P2.Au.BrH/c2*1-17(2,3)23(15-19-9-7-10-20-15)13-14-24(18(4,5)6)16-21-11-8-12-22-16;;/h2*7-12H,13-14H2,1-6H3;;1H/q;;+1;/p-1. The van der Waals surface area contributed by atoms with Gasteiger partial charge in [-0.1, -0.05) is 83.1 Å². The molecule has 0 aromatic carbocycles. The number of rotatable bonds is 10. The molecule has 50 heavy (non-hydrogen) atoms. The van der Waals surface area contributed by atoms with E-state index in [4.69, 9.17) is 0 Å². The van der Waals surface area contributed by atoms with E-state index in [1.165, 1.54) is 0 Å². The average molecular weight is 1000 g/mol. The molecule has 0 bridgehead atoms. The summed E-state index contributed by atoms with van der Waals surface area (Å²) in [4.78, 5) is 36.4. The molecule has 0 aliphatic heterocycles. The van der Waals surface area contributed by atoms with Crippen molar-refractivity contribution in [1.82, 2.24) is 39.9 Å². The summed E-state index contributed by atoms with van der Waals surface area (Å²) in [5.41, 5.74) is 4.05. The molecule has 8 nitrogen and oxygen atoms in total. The minimum Gasteiger partial charge on any atom is -1.00 e. The van der Waals surface area contributed by atoms with E-state index in [1.54, 1.807) is 0 Å². The van der Waals surface area contributed by atoms with Crippen LogP contribution in [0.1, 0.15) is 83.1 Å². The van der Waals surface area contributed by atoms with E-state index in [1.807, 2.05) is 73.8 Å². The molecule has 0 aliphatic rings. The van der Waals surface area contributed by atoms with Gasteiger partial charge in [0, 0.05) is 49.6 Å². The Hall–Kier alpha value is -0.740. The van der Waals surface area contributed by atoms with Gasteiger partial charge in [0.1, 0.15) is 0 Å². The van der Waals surface area contributed by atoms with Gasteiger partial charge in [-0.25, -0.2) is 39.9 Å². The first-order valence-corrected chi connectivity index (χ1v) is 22.7. The first-order valence-electron chi connectivity index (χ1n) is 16.6. The fourth-order valence-corrected chi connectivity index (χ4v) is 15.8. The van der Waals surface area contributed by atoms with Crippen LogP contribution >= 0.6 is 31.7 Å². The van der Waals surface area contributed by atoms with Gasteiger partial charge in [-0.15, -0.1) is 0 Å². The van der Waals surface area contributed by atoms with Crippen molar-refractivity contribution >= 4 is 53.9 Å². The molecule has 4 rings (SSSR count). The van der Waals surface area contributed by atoms with Gasteiger partial charge >= 0.3 is 22.4 Å². The van der Waals surface area contributed by atoms with Crippen LogP contribution < -0.4 is 39.2 Å². The van der Waals surface area contributed by atoms with Gasteiger partial charge in [-0.05, 0) is 101 Å². The Morgan fingerprint density at radius 1 is 0.340 bits per heavy atom. The van der Waals surface area contributed by atoms with Crippen LogP contribution in [0.5, 0.6) is 0 Å². The van der Waals surface area contributed by atoms with E-state index in [-0.39, 0.29) is 60.0 Å². The normalized spacial score (nSPS) is 14.5. The minimum absolute atomic E-state index is 0. The SMILES string of the molecule is CC(C)(C)P(CCP(c1ncccn1)C(C)(C)C)c1ncccn1.CC(C)(C)P(CCP(c1ncccn1)C(C)(C)C)c1ncccn1.[Au+].[Br-]. The van der Waals surface area contributed by atoms with Crippen LogP contribution in [0.2, 0.25) is 0 Å². The van der Waals surface area contributed by atoms with Crippen molar-refractivity contribution in [3.05, 3.63) is 73.8 Å². The first kappa shape index (κ1) is 47.3. The summed E-state index contributed by atoms with van der Waals surface area (Å²) in [6.07, 6.45) is 19.3. The number of halogens is 1. The molecule has 0 fully saturated rings. The smallest absolute Gasteiger partial charge is 1.00 e. The Balaban J connectivity index is 0.000000481. The van der Waals surface area contributed by atoms with Crippen LogP contribution in [0.15, 0.2) is 73.8 Å². The number of nitrogens with zero attached hydrogens (tertiary/aromatic N) is 8. The monoisotopic (exact) mass is 1000 g/mol. The number of hydrogen-bond donors (Lipinski definition) is 0. The van der Waals surface area contributed by atoms with Crippen molar-refractivity contribution in [2.45, 2.75) is 104 Å². The molecule has 14 heteroatoms. The Labute approximate surface area is 333 Å². The second-order valence-corrected chi connectivity index (χ2v) is 27.7. The maximum absolute atomic E-state index is 4.55. The third-order valence-electron chi connectivity index (χ3n) is 7.51. The maximum atomic E-state index is 4.55. The summed E-state index contributed by atoms with van der Waals surface area (Å²) < 4.78 is 0. The van der Waals surface area contributed by atoms with Crippen molar-refractivity contribution in [3.63, 3.8) is 0 Å². The van der Waals surface area contributed by atoms with Gasteiger partial charge in [0.25, 0.3) is 0 Å². The molecule has 0 N–H and O–H groups in total. The maximum Gasteiger partial charge on any atom is 1.00 e. The number of aromatic nitrogens is 8. The molecule has 4 aromatic rings. The average Bonchev–Trinajstić information content (AvgIpc) is 3.01. The molecule has 0 aliphatic carbocycles. The van der Waals surface area contributed by atoms with Crippen LogP contribution in [0.4, 0.5) is 0 Å². The van der Waals surface area contributed by atoms with Gasteiger partial charge in [0.05, 0.1) is 0 Å². The third kappa shape index (κ3) is 15.3. The minimum atomic E-state index is -0.428. The Bertz CT molecular complexity index is 1260. The summed E-state index contributed by atoms with van der Waals surface area (Å²) >= 11 is 0. The molecule has 4 unspecified atom stereocenters. The summed E-state index contributed by atoms with van der Waals surface area (Å²) in [7, 11) is -1.71. The Morgan fingerprint density at radius 3 is 0.600 bits per heavy atom. The Kier molecular flexibility index (Phi) is 20.1. The van der Waals surface area contributed by atoms with Crippen molar-refractivity contribution in [1.29, 1.82) is 0 Å². The molecule has 0 radical (unpaired) electrons. The third-order valence-corrected chi connectivity index (χ3v) is 20.2. The van der Waals surface area contributed by atoms with Crippen LogP contribution in [0.3, 0.4) is 0 Å². The predicted octanol–water partition coefficient (Wildman–Crippen LogP) is 4.56. The zero-order valence-corrected chi connectivity index (χ0v) is 39.1. The fraction of sp³-hybridized carbons (Fsp3) is 0.556. The largest absolute Gasteiger partial charge is 1.00 e. The zero-order chi connectivity index (χ0) is 35.6. The molecule has 4 aromatic heterocycles. The van der Waals surface area contributed by atoms with Crippen molar-refractivity contribution < 1.29 is 39.4 Å². The first-order chi connectivity index (χ1) is 22.4. The fourth-order valence-electron chi connectivity index (χ4n) is 5.06. The van der Waals surface area contributed by atoms with E-state index in [9.17, 15) is 0 Å². The van der Waals surface area contributed by atoms with Crippen molar-refractivity contribution in [3.8, 4) is 0 Å². The topological polar surface area (TPSA) is 103 Å². The molecule has 4 heterocycles. The Morgan fingerprint density at radius 2 is 0.480 bits per heavy atom. The molecule has 0 spiro atoms. The molecule has 0 saturated heterocycles. The second kappa shape index (κ2) is 21.2. The van der Waals surface area contributed by atoms with Crippen molar-refractivity contribution in [2.75, 3.05) is 24.6 Å². The molecule has 0 amide bonds. The molecule has 278 valence electrons. The van der Waals surface area contributed by atoms with Gasteiger partial charge in [0.15, 0.2) is 22.3 Å².